The van der Waals surface area contributed by atoms with Crippen LogP contribution in [-0.4, -0.2) is 29.2 Å². The van der Waals surface area contributed by atoms with E-state index < -0.39 is 6.09 Å². The van der Waals surface area contributed by atoms with E-state index >= 15 is 0 Å². The van der Waals surface area contributed by atoms with Crippen molar-refractivity contribution < 1.29 is 9.90 Å². The van der Waals surface area contributed by atoms with Crippen molar-refractivity contribution in [1.29, 1.82) is 0 Å². The third-order valence-electron chi connectivity index (χ3n) is 3.50. The third kappa shape index (κ3) is 2.77. The Kier molecular flexibility index (Phi) is 3.64. The summed E-state index contributed by atoms with van der Waals surface area (Å²) >= 11 is 0. The fourth-order valence-electron chi connectivity index (χ4n) is 2.40. The number of carboxylic acid groups (broad SMARTS) is 1. The molecule has 0 unspecified atom stereocenters. The summed E-state index contributed by atoms with van der Waals surface area (Å²) in [6.07, 6.45) is 0.877. The molecule has 17 heavy (non-hydrogen) atoms. The van der Waals surface area contributed by atoms with E-state index in [2.05, 4.69) is 0 Å². The zero-order valence-electron chi connectivity index (χ0n) is 9.75. The SMILES string of the molecule is N[C@@H](c1ccccc1)C1CCN(C(=O)O)CC1. The first-order valence-corrected chi connectivity index (χ1v) is 5.97. The van der Waals surface area contributed by atoms with E-state index in [1.165, 1.54) is 4.90 Å². The Hall–Kier alpha value is -1.55. The molecule has 3 N–H and O–H groups in total. The molecule has 1 fully saturated rings. The van der Waals surface area contributed by atoms with Gasteiger partial charge in [-0.05, 0) is 24.3 Å². The molecule has 1 heterocycles. The molecule has 1 aliphatic heterocycles. The summed E-state index contributed by atoms with van der Waals surface area (Å²) in [5.74, 6) is 0.382. The average molecular weight is 234 g/mol. The van der Waals surface area contributed by atoms with Crippen LogP contribution in [0.3, 0.4) is 0 Å². The molecule has 1 aliphatic rings. The standard InChI is InChI=1S/C13H18N2O2/c14-12(10-4-2-1-3-5-10)11-6-8-15(9-7-11)13(16)17/h1-5,11-12H,6-9,14H2,(H,16,17)/t12-/m0/s1. The number of likely N-dealkylation sites (tertiary alicyclic amines) is 1. The van der Waals surface area contributed by atoms with Crippen LogP contribution in [-0.2, 0) is 0 Å². The molecule has 0 aromatic heterocycles. The van der Waals surface area contributed by atoms with Gasteiger partial charge in [0, 0.05) is 19.1 Å². The van der Waals surface area contributed by atoms with Gasteiger partial charge in [0.1, 0.15) is 0 Å². The molecule has 1 atom stereocenters. The van der Waals surface area contributed by atoms with Crippen LogP contribution in [0.1, 0.15) is 24.4 Å². The lowest BCUT2D eigenvalue weighted by atomic mass is 9.86. The lowest BCUT2D eigenvalue weighted by molar-refractivity contribution is 0.120. The van der Waals surface area contributed by atoms with Gasteiger partial charge in [-0.25, -0.2) is 4.79 Å². The fraction of sp³-hybridized carbons (Fsp3) is 0.462. The third-order valence-corrected chi connectivity index (χ3v) is 3.50. The molecule has 4 heteroatoms. The van der Waals surface area contributed by atoms with Gasteiger partial charge in [-0.15, -0.1) is 0 Å². The van der Waals surface area contributed by atoms with Gasteiger partial charge in [-0.2, -0.15) is 0 Å². The van der Waals surface area contributed by atoms with Crippen LogP contribution in [0.25, 0.3) is 0 Å². The van der Waals surface area contributed by atoms with E-state index in [0.29, 0.717) is 19.0 Å². The Morgan fingerprint density at radius 2 is 1.88 bits per heavy atom. The molecule has 4 nitrogen and oxygen atoms in total. The Morgan fingerprint density at radius 3 is 2.41 bits per heavy atom. The van der Waals surface area contributed by atoms with E-state index in [-0.39, 0.29) is 6.04 Å². The molecule has 1 aromatic carbocycles. The Labute approximate surface area is 101 Å². The van der Waals surface area contributed by atoms with Crippen molar-refractivity contribution in [3.63, 3.8) is 0 Å². The minimum Gasteiger partial charge on any atom is -0.465 e. The number of nitrogens with two attached hydrogens (primary N) is 1. The Bertz CT molecular complexity index is 372. The highest BCUT2D eigenvalue weighted by atomic mass is 16.4. The molecule has 1 saturated heterocycles. The van der Waals surface area contributed by atoms with Gasteiger partial charge < -0.3 is 15.7 Å². The second kappa shape index (κ2) is 5.19. The average Bonchev–Trinajstić information content (AvgIpc) is 2.39. The quantitative estimate of drug-likeness (QED) is 0.823. The molecule has 0 spiro atoms. The number of hydrogen-bond acceptors (Lipinski definition) is 2. The lowest BCUT2D eigenvalue weighted by Crippen LogP contribution is -2.40. The number of hydrogen-bond donors (Lipinski definition) is 2. The predicted octanol–water partition coefficient (Wildman–Crippen LogP) is 2.08. The molecular weight excluding hydrogens is 216 g/mol. The van der Waals surface area contributed by atoms with Crippen molar-refractivity contribution in [2.24, 2.45) is 11.7 Å². The normalized spacial score (nSPS) is 19.0. The van der Waals surface area contributed by atoms with Gasteiger partial charge >= 0.3 is 6.09 Å². The van der Waals surface area contributed by atoms with Crippen LogP contribution in [0, 0.1) is 5.92 Å². The van der Waals surface area contributed by atoms with E-state index in [4.69, 9.17) is 10.8 Å². The highest BCUT2D eigenvalue weighted by molar-refractivity contribution is 5.64. The Balaban J connectivity index is 1.95. The zero-order valence-corrected chi connectivity index (χ0v) is 9.75. The van der Waals surface area contributed by atoms with Crippen molar-refractivity contribution >= 4 is 6.09 Å². The van der Waals surface area contributed by atoms with E-state index in [0.717, 1.165) is 18.4 Å². The largest absolute Gasteiger partial charge is 0.465 e. The topological polar surface area (TPSA) is 66.6 Å². The number of amides is 1. The predicted molar refractivity (Wildman–Crippen MR) is 65.7 cm³/mol. The van der Waals surface area contributed by atoms with Crippen LogP contribution in [0.5, 0.6) is 0 Å². The van der Waals surface area contributed by atoms with E-state index in [9.17, 15) is 4.79 Å². The first-order chi connectivity index (χ1) is 8.18. The second-order valence-electron chi connectivity index (χ2n) is 4.54. The molecule has 0 aliphatic carbocycles. The van der Waals surface area contributed by atoms with Crippen LogP contribution in [0.15, 0.2) is 30.3 Å². The summed E-state index contributed by atoms with van der Waals surface area (Å²) in [7, 11) is 0. The maximum Gasteiger partial charge on any atom is 0.407 e. The highest BCUT2D eigenvalue weighted by Gasteiger charge is 2.26. The zero-order chi connectivity index (χ0) is 12.3. The molecule has 0 bridgehead atoms. The summed E-state index contributed by atoms with van der Waals surface area (Å²) in [6, 6.07) is 10.0. The summed E-state index contributed by atoms with van der Waals surface area (Å²) < 4.78 is 0. The van der Waals surface area contributed by atoms with Gasteiger partial charge in [0.2, 0.25) is 0 Å². The smallest absolute Gasteiger partial charge is 0.407 e. The van der Waals surface area contributed by atoms with Crippen molar-refractivity contribution in [3.8, 4) is 0 Å². The Morgan fingerprint density at radius 1 is 1.29 bits per heavy atom. The van der Waals surface area contributed by atoms with E-state index in [1.807, 2.05) is 30.3 Å². The molecule has 1 amide bonds. The molecule has 2 rings (SSSR count). The second-order valence-corrected chi connectivity index (χ2v) is 4.54. The fourth-order valence-corrected chi connectivity index (χ4v) is 2.40. The van der Waals surface area contributed by atoms with Crippen molar-refractivity contribution in [3.05, 3.63) is 35.9 Å². The number of rotatable bonds is 2. The first kappa shape index (κ1) is 11.9. The number of benzene rings is 1. The minimum absolute atomic E-state index is 0.0205. The summed E-state index contributed by atoms with van der Waals surface area (Å²) in [5.41, 5.74) is 7.37. The van der Waals surface area contributed by atoms with Crippen molar-refractivity contribution in [2.45, 2.75) is 18.9 Å². The molecule has 1 aromatic rings. The summed E-state index contributed by atoms with van der Waals surface area (Å²) in [6.45, 7) is 1.20. The van der Waals surface area contributed by atoms with Crippen LogP contribution >= 0.6 is 0 Å². The van der Waals surface area contributed by atoms with Gasteiger partial charge in [0.05, 0.1) is 0 Å². The van der Waals surface area contributed by atoms with Crippen molar-refractivity contribution in [1.82, 2.24) is 4.90 Å². The summed E-state index contributed by atoms with van der Waals surface area (Å²) in [4.78, 5) is 12.3. The number of carbonyl (C=O) groups is 1. The van der Waals surface area contributed by atoms with E-state index in [1.54, 1.807) is 0 Å². The van der Waals surface area contributed by atoms with Crippen LogP contribution in [0.2, 0.25) is 0 Å². The monoisotopic (exact) mass is 234 g/mol. The van der Waals surface area contributed by atoms with Crippen LogP contribution in [0.4, 0.5) is 4.79 Å². The highest BCUT2D eigenvalue weighted by Crippen LogP contribution is 2.28. The molecular formula is C13H18N2O2. The molecule has 92 valence electrons. The number of piperidine rings is 1. The first-order valence-electron chi connectivity index (χ1n) is 5.97. The minimum atomic E-state index is -0.822. The lowest BCUT2D eigenvalue weighted by Gasteiger charge is -2.33. The molecule has 0 radical (unpaired) electrons. The van der Waals surface area contributed by atoms with Gasteiger partial charge in [-0.3, -0.25) is 0 Å². The maximum atomic E-state index is 10.8. The van der Waals surface area contributed by atoms with Crippen LogP contribution < -0.4 is 5.73 Å². The maximum absolute atomic E-state index is 10.8. The number of nitrogens with zero attached hydrogens (tertiary/aromatic N) is 1. The van der Waals surface area contributed by atoms with Crippen molar-refractivity contribution in [2.75, 3.05) is 13.1 Å². The molecule has 0 saturated carbocycles. The van der Waals surface area contributed by atoms with Gasteiger partial charge in [-0.1, -0.05) is 30.3 Å². The van der Waals surface area contributed by atoms with Gasteiger partial charge in [0.15, 0.2) is 0 Å². The van der Waals surface area contributed by atoms with Gasteiger partial charge in [0.25, 0.3) is 0 Å². The summed E-state index contributed by atoms with van der Waals surface area (Å²) in [5, 5.41) is 8.87.